The molecule has 20 heavy (non-hydrogen) atoms. The molecule has 0 bridgehead atoms. The summed E-state index contributed by atoms with van der Waals surface area (Å²) in [5.74, 6) is 2.50. The van der Waals surface area contributed by atoms with Gasteiger partial charge in [-0.15, -0.1) is 0 Å². The minimum atomic E-state index is 0.343. The van der Waals surface area contributed by atoms with E-state index in [1.807, 2.05) is 6.07 Å². The second kappa shape index (κ2) is 6.98. The van der Waals surface area contributed by atoms with Crippen molar-refractivity contribution in [1.82, 2.24) is 5.32 Å². The van der Waals surface area contributed by atoms with Gasteiger partial charge in [0, 0.05) is 12.1 Å². The van der Waals surface area contributed by atoms with Crippen LogP contribution in [0.5, 0.6) is 11.5 Å². The van der Waals surface area contributed by atoms with E-state index in [0.717, 1.165) is 17.4 Å². The largest absolute Gasteiger partial charge is 0.493 e. The van der Waals surface area contributed by atoms with Crippen LogP contribution in [0.25, 0.3) is 0 Å². The standard InChI is InChI=1S/C17H27NO2/c1-5-13-6-8-15(10-13)18-12(2)14-7-9-16(19-3)17(11-14)20-4/h7,9,11-13,15,18H,5-6,8,10H2,1-4H3. The van der Waals surface area contributed by atoms with Crippen molar-refractivity contribution in [3.8, 4) is 11.5 Å². The minimum Gasteiger partial charge on any atom is -0.493 e. The van der Waals surface area contributed by atoms with Crippen LogP contribution in [-0.4, -0.2) is 20.3 Å². The Labute approximate surface area is 122 Å². The average Bonchev–Trinajstić information content (AvgIpc) is 2.94. The van der Waals surface area contributed by atoms with Gasteiger partial charge < -0.3 is 14.8 Å². The van der Waals surface area contributed by atoms with E-state index < -0.39 is 0 Å². The molecule has 0 radical (unpaired) electrons. The molecule has 3 nitrogen and oxygen atoms in total. The quantitative estimate of drug-likeness (QED) is 0.854. The van der Waals surface area contributed by atoms with Crippen LogP contribution < -0.4 is 14.8 Å². The highest BCUT2D eigenvalue weighted by molar-refractivity contribution is 5.43. The van der Waals surface area contributed by atoms with Gasteiger partial charge in [0.1, 0.15) is 0 Å². The number of nitrogens with one attached hydrogen (secondary N) is 1. The SMILES string of the molecule is CCC1CCC(NC(C)c2ccc(OC)c(OC)c2)C1. The van der Waals surface area contributed by atoms with Crippen LogP contribution in [0.4, 0.5) is 0 Å². The first-order chi connectivity index (χ1) is 9.67. The highest BCUT2D eigenvalue weighted by atomic mass is 16.5. The normalized spacial score (nSPS) is 23.6. The fourth-order valence-electron chi connectivity index (χ4n) is 3.17. The second-order valence-corrected chi connectivity index (χ2v) is 5.79. The van der Waals surface area contributed by atoms with Crippen LogP contribution in [0.1, 0.15) is 51.1 Å². The summed E-state index contributed by atoms with van der Waals surface area (Å²) in [6.07, 6.45) is 5.29. The summed E-state index contributed by atoms with van der Waals surface area (Å²) in [7, 11) is 3.35. The lowest BCUT2D eigenvalue weighted by molar-refractivity contribution is 0.353. The van der Waals surface area contributed by atoms with Crippen LogP contribution >= 0.6 is 0 Å². The molecule has 1 fully saturated rings. The maximum Gasteiger partial charge on any atom is 0.161 e. The molecule has 0 saturated heterocycles. The molecule has 3 heteroatoms. The van der Waals surface area contributed by atoms with Crippen LogP contribution in [0.2, 0.25) is 0 Å². The minimum absolute atomic E-state index is 0.343. The molecule has 1 aromatic carbocycles. The summed E-state index contributed by atoms with van der Waals surface area (Å²) in [5, 5.41) is 3.75. The van der Waals surface area contributed by atoms with Crippen molar-refractivity contribution in [3.63, 3.8) is 0 Å². The number of hydrogen-bond donors (Lipinski definition) is 1. The van der Waals surface area contributed by atoms with E-state index in [1.165, 1.54) is 31.2 Å². The lowest BCUT2D eigenvalue weighted by Crippen LogP contribution is -2.29. The molecule has 1 aliphatic rings. The van der Waals surface area contributed by atoms with E-state index >= 15 is 0 Å². The van der Waals surface area contributed by atoms with Gasteiger partial charge in [-0.3, -0.25) is 0 Å². The lowest BCUT2D eigenvalue weighted by atomic mass is 10.0. The fraction of sp³-hybridized carbons (Fsp3) is 0.647. The van der Waals surface area contributed by atoms with Crippen LogP contribution in [0, 0.1) is 5.92 Å². The Hall–Kier alpha value is -1.22. The zero-order valence-electron chi connectivity index (χ0n) is 13.1. The molecule has 112 valence electrons. The van der Waals surface area contributed by atoms with E-state index in [4.69, 9.17) is 9.47 Å². The summed E-state index contributed by atoms with van der Waals surface area (Å²) in [4.78, 5) is 0. The summed E-state index contributed by atoms with van der Waals surface area (Å²) < 4.78 is 10.7. The summed E-state index contributed by atoms with van der Waals surface area (Å²) >= 11 is 0. The van der Waals surface area contributed by atoms with Gasteiger partial charge in [0.05, 0.1) is 14.2 Å². The number of benzene rings is 1. The highest BCUT2D eigenvalue weighted by Gasteiger charge is 2.24. The maximum atomic E-state index is 5.38. The van der Waals surface area contributed by atoms with Crippen molar-refractivity contribution >= 4 is 0 Å². The third kappa shape index (κ3) is 3.45. The zero-order chi connectivity index (χ0) is 14.5. The molecule has 0 spiro atoms. The summed E-state index contributed by atoms with van der Waals surface area (Å²) in [6.45, 7) is 4.52. The van der Waals surface area contributed by atoms with Crippen LogP contribution in [0.3, 0.4) is 0 Å². The molecular weight excluding hydrogens is 250 g/mol. The Balaban J connectivity index is 2.00. The average molecular weight is 277 g/mol. The monoisotopic (exact) mass is 277 g/mol. The third-order valence-corrected chi connectivity index (χ3v) is 4.51. The molecule has 1 N–H and O–H groups in total. The molecule has 3 atom stereocenters. The number of rotatable bonds is 6. The van der Waals surface area contributed by atoms with Gasteiger partial charge in [-0.25, -0.2) is 0 Å². The van der Waals surface area contributed by atoms with Gasteiger partial charge in [0.2, 0.25) is 0 Å². The van der Waals surface area contributed by atoms with Gasteiger partial charge in [0.15, 0.2) is 11.5 Å². The van der Waals surface area contributed by atoms with E-state index in [0.29, 0.717) is 12.1 Å². The first-order valence-corrected chi connectivity index (χ1v) is 7.65. The number of methoxy groups -OCH3 is 2. The van der Waals surface area contributed by atoms with E-state index in [1.54, 1.807) is 14.2 Å². The Morgan fingerprint density at radius 3 is 2.55 bits per heavy atom. The van der Waals surface area contributed by atoms with Gasteiger partial charge in [-0.1, -0.05) is 19.4 Å². The topological polar surface area (TPSA) is 30.5 Å². The Morgan fingerprint density at radius 1 is 1.20 bits per heavy atom. The second-order valence-electron chi connectivity index (χ2n) is 5.79. The zero-order valence-corrected chi connectivity index (χ0v) is 13.1. The number of ether oxygens (including phenoxy) is 2. The van der Waals surface area contributed by atoms with Crippen molar-refractivity contribution < 1.29 is 9.47 Å². The van der Waals surface area contributed by atoms with Gasteiger partial charge in [-0.05, 0) is 49.8 Å². The van der Waals surface area contributed by atoms with Gasteiger partial charge >= 0.3 is 0 Å². The lowest BCUT2D eigenvalue weighted by Gasteiger charge is -2.21. The molecule has 0 amide bonds. The highest BCUT2D eigenvalue weighted by Crippen LogP contribution is 2.32. The Morgan fingerprint density at radius 2 is 1.95 bits per heavy atom. The molecule has 0 aliphatic heterocycles. The summed E-state index contributed by atoms with van der Waals surface area (Å²) in [5.41, 5.74) is 1.25. The van der Waals surface area contributed by atoms with Gasteiger partial charge in [-0.2, -0.15) is 0 Å². The first-order valence-electron chi connectivity index (χ1n) is 7.65. The van der Waals surface area contributed by atoms with Crippen molar-refractivity contribution in [2.24, 2.45) is 5.92 Å². The fourth-order valence-corrected chi connectivity index (χ4v) is 3.17. The van der Waals surface area contributed by atoms with Crippen molar-refractivity contribution in [2.45, 2.75) is 51.6 Å². The van der Waals surface area contributed by atoms with E-state index in [2.05, 4.69) is 31.3 Å². The Bertz CT molecular complexity index is 433. The molecule has 0 heterocycles. The van der Waals surface area contributed by atoms with Gasteiger partial charge in [0.25, 0.3) is 0 Å². The molecule has 1 aliphatic carbocycles. The predicted molar refractivity (Wildman–Crippen MR) is 82.5 cm³/mol. The van der Waals surface area contributed by atoms with Crippen molar-refractivity contribution in [3.05, 3.63) is 23.8 Å². The summed E-state index contributed by atoms with van der Waals surface area (Å²) in [6, 6.07) is 7.17. The third-order valence-electron chi connectivity index (χ3n) is 4.51. The number of hydrogen-bond acceptors (Lipinski definition) is 3. The van der Waals surface area contributed by atoms with E-state index in [-0.39, 0.29) is 0 Å². The molecule has 0 aromatic heterocycles. The molecular formula is C17H27NO2. The van der Waals surface area contributed by atoms with Crippen LogP contribution in [-0.2, 0) is 0 Å². The van der Waals surface area contributed by atoms with Crippen LogP contribution in [0.15, 0.2) is 18.2 Å². The van der Waals surface area contributed by atoms with Crippen molar-refractivity contribution in [1.29, 1.82) is 0 Å². The molecule has 1 saturated carbocycles. The molecule has 3 unspecified atom stereocenters. The Kier molecular flexibility index (Phi) is 5.30. The molecule has 2 rings (SSSR count). The maximum absolute atomic E-state index is 5.38. The first kappa shape index (κ1) is 15.2. The predicted octanol–water partition coefficient (Wildman–Crippen LogP) is 3.93. The van der Waals surface area contributed by atoms with Crippen molar-refractivity contribution in [2.75, 3.05) is 14.2 Å². The smallest absolute Gasteiger partial charge is 0.161 e. The molecule has 1 aromatic rings. The van der Waals surface area contributed by atoms with E-state index in [9.17, 15) is 0 Å².